The largest absolute Gasteiger partial charge is 0.496 e. The van der Waals surface area contributed by atoms with Gasteiger partial charge in [0, 0.05) is 11.1 Å². The van der Waals surface area contributed by atoms with E-state index in [4.69, 9.17) is 16.3 Å². The maximum Gasteiger partial charge on any atom is 0.305 e. The lowest BCUT2D eigenvalue weighted by atomic mass is 10.0. The zero-order valence-electron chi connectivity index (χ0n) is 15.7. The summed E-state index contributed by atoms with van der Waals surface area (Å²) in [7, 11) is 1.31. The molecule has 3 aromatic rings. The number of carbonyl (C=O) groups excluding carboxylic acids is 1. The van der Waals surface area contributed by atoms with Crippen LogP contribution in [-0.4, -0.2) is 33.9 Å². The molecule has 30 heavy (non-hydrogen) atoms. The lowest BCUT2D eigenvalue weighted by Gasteiger charge is -2.20. The van der Waals surface area contributed by atoms with Crippen LogP contribution in [0.5, 0.6) is 5.75 Å². The highest BCUT2D eigenvalue weighted by Crippen LogP contribution is 2.30. The average molecular weight is 434 g/mol. The maximum absolute atomic E-state index is 14.4. The molecule has 3 N–H and O–H groups in total. The van der Waals surface area contributed by atoms with Crippen LogP contribution in [0.15, 0.2) is 53.3 Å². The van der Waals surface area contributed by atoms with E-state index in [0.717, 1.165) is 16.8 Å². The summed E-state index contributed by atoms with van der Waals surface area (Å²) in [5, 5.41) is 14.8. The summed E-state index contributed by atoms with van der Waals surface area (Å²) in [4.78, 5) is 36.3. The number of carbonyl (C=O) groups is 2. The minimum atomic E-state index is -1.25. The molecule has 0 aliphatic rings. The van der Waals surface area contributed by atoms with Gasteiger partial charge in [0.15, 0.2) is 0 Å². The van der Waals surface area contributed by atoms with Crippen molar-refractivity contribution in [2.24, 2.45) is 0 Å². The number of rotatable bonds is 7. The molecule has 1 atom stereocenters. The third-order valence-electron chi connectivity index (χ3n) is 4.32. The summed E-state index contributed by atoms with van der Waals surface area (Å²) in [6, 6.07) is 10.2. The van der Waals surface area contributed by atoms with Gasteiger partial charge in [-0.05, 0) is 36.4 Å². The molecule has 3 rings (SSSR count). The summed E-state index contributed by atoms with van der Waals surface area (Å²) in [5.41, 5.74) is -0.294. The number of benzene rings is 2. The molecule has 156 valence electrons. The van der Waals surface area contributed by atoms with Gasteiger partial charge in [-0.2, -0.15) is 0 Å². The molecule has 1 heterocycles. The van der Waals surface area contributed by atoms with Crippen molar-refractivity contribution in [3.8, 4) is 11.4 Å². The highest BCUT2D eigenvalue weighted by Gasteiger charge is 2.26. The zero-order chi connectivity index (χ0) is 21.8. The molecule has 0 radical (unpaired) electrons. The summed E-state index contributed by atoms with van der Waals surface area (Å²) in [5.74, 6) is -2.67. The van der Waals surface area contributed by atoms with Gasteiger partial charge in [-0.3, -0.25) is 19.5 Å². The number of hydrogen-bond acceptors (Lipinski definition) is 4. The molecule has 0 fully saturated rings. The van der Waals surface area contributed by atoms with E-state index in [9.17, 15) is 23.9 Å². The van der Waals surface area contributed by atoms with Crippen LogP contribution in [0.3, 0.4) is 0 Å². The fourth-order valence-corrected chi connectivity index (χ4v) is 3.09. The number of methoxy groups -OCH3 is 1. The fourth-order valence-electron chi connectivity index (χ4n) is 2.96. The topological polar surface area (TPSA) is 113 Å². The number of hydrogen-bond donors (Lipinski definition) is 3. The van der Waals surface area contributed by atoms with Crippen LogP contribution >= 0.6 is 11.6 Å². The van der Waals surface area contributed by atoms with Crippen molar-refractivity contribution in [1.82, 2.24) is 15.1 Å². The Kier molecular flexibility index (Phi) is 6.22. The first kappa shape index (κ1) is 21.1. The van der Waals surface area contributed by atoms with Crippen LogP contribution in [0.1, 0.15) is 28.5 Å². The van der Waals surface area contributed by atoms with Crippen LogP contribution in [0, 0.1) is 5.82 Å². The lowest BCUT2D eigenvalue weighted by Crippen LogP contribution is -2.31. The van der Waals surface area contributed by atoms with Gasteiger partial charge in [-0.1, -0.05) is 17.7 Å². The summed E-state index contributed by atoms with van der Waals surface area (Å²) >= 11 is 5.84. The molecular weight excluding hydrogens is 417 g/mol. The number of ether oxygens (including phenoxy) is 1. The van der Waals surface area contributed by atoms with Crippen molar-refractivity contribution in [2.75, 3.05) is 7.11 Å². The van der Waals surface area contributed by atoms with Gasteiger partial charge in [0.05, 0.1) is 30.8 Å². The third-order valence-corrected chi connectivity index (χ3v) is 4.57. The van der Waals surface area contributed by atoms with Crippen molar-refractivity contribution in [2.45, 2.75) is 12.5 Å². The first-order chi connectivity index (χ1) is 14.3. The predicted octanol–water partition coefficient (Wildman–Crippen LogP) is 2.91. The molecule has 10 heteroatoms. The Labute approximate surface area is 174 Å². The van der Waals surface area contributed by atoms with E-state index in [1.807, 2.05) is 0 Å². The Hall–Kier alpha value is -3.59. The quantitative estimate of drug-likeness (QED) is 0.530. The molecule has 0 aliphatic carbocycles. The van der Waals surface area contributed by atoms with Crippen LogP contribution < -0.4 is 15.6 Å². The van der Waals surface area contributed by atoms with Gasteiger partial charge in [0.25, 0.3) is 11.5 Å². The van der Waals surface area contributed by atoms with Gasteiger partial charge in [-0.25, -0.2) is 9.07 Å². The van der Waals surface area contributed by atoms with E-state index < -0.39 is 35.7 Å². The zero-order valence-corrected chi connectivity index (χ0v) is 16.4. The smallest absolute Gasteiger partial charge is 0.305 e. The van der Waals surface area contributed by atoms with Crippen LogP contribution in [0.4, 0.5) is 4.39 Å². The van der Waals surface area contributed by atoms with E-state index in [2.05, 4.69) is 10.4 Å². The number of nitrogens with zero attached hydrogens (tertiary/aromatic N) is 1. The summed E-state index contributed by atoms with van der Waals surface area (Å²) in [6.07, 6.45) is -0.592. The number of carboxylic acid groups (broad SMARTS) is 1. The second-order valence-corrected chi connectivity index (χ2v) is 6.74. The van der Waals surface area contributed by atoms with Gasteiger partial charge in [0.1, 0.15) is 17.3 Å². The Morgan fingerprint density at radius 2 is 1.97 bits per heavy atom. The Morgan fingerprint density at radius 1 is 1.27 bits per heavy atom. The number of H-pyrrole nitrogens is 1. The van der Waals surface area contributed by atoms with Crippen molar-refractivity contribution in [3.05, 3.63) is 81.0 Å². The maximum atomic E-state index is 14.4. The second-order valence-electron chi connectivity index (χ2n) is 6.30. The second kappa shape index (κ2) is 8.83. The van der Waals surface area contributed by atoms with Crippen molar-refractivity contribution < 1.29 is 23.8 Å². The van der Waals surface area contributed by atoms with E-state index >= 15 is 0 Å². The molecular formula is C20H17ClFN3O5. The predicted molar refractivity (Wildman–Crippen MR) is 107 cm³/mol. The number of nitrogens with one attached hydrogen (secondary N) is 2. The number of aliphatic carboxylic acids is 1. The van der Waals surface area contributed by atoms with E-state index in [1.165, 1.54) is 19.2 Å². The number of amides is 1. The minimum Gasteiger partial charge on any atom is -0.496 e. The molecule has 0 saturated heterocycles. The summed E-state index contributed by atoms with van der Waals surface area (Å²) < 4.78 is 20.7. The molecule has 1 amide bonds. The van der Waals surface area contributed by atoms with E-state index in [1.54, 1.807) is 24.3 Å². The number of aromatic nitrogens is 2. The fraction of sp³-hybridized carbons (Fsp3) is 0.150. The molecule has 8 nitrogen and oxygen atoms in total. The first-order valence-electron chi connectivity index (χ1n) is 8.73. The van der Waals surface area contributed by atoms with Crippen molar-refractivity contribution in [1.29, 1.82) is 0 Å². The van der Waals surface area contributed by atoms with Crippen molar-refractivity contribution >= 4 is 23.5 Å². The monoisotopic (exact) mass is 433 g/mol. The number of carboxylic acids is 1. The number of halogens is 2. The first-order valence-corrected chi connectivity index (χ1v) is 9.11. The lowest BCUT2D eigenvalue weighted by molar-refractivity contribution is -0.137. The Balaban J connectivity index is 1.92. The highest BCUT2D eigenvalue weighted by atomic mass is 35.5. The van der Waals surface area contributed by atoms with Crippen LogP contribution in [-0.2, 0) is 4.79 Å². The normalized spacial score (nSPS) is 11.7. The molecule has 0 spiro atoms. The van der Waals surface area contributed by atoms with Gasteiger partial charge >= 0.3 is 5.97 Å². The third kappa shape index (κ3) is 4.52. The Bertz CT molecular complexity index is 1140. The average Bonchev–Trinajstić information content (AvgIpc) is 3.09. The van der Waals surface area contributed by atoms with Crippen molar-refractivity contribution in [3.63, 3.8) is 0 Å². The molecule has 0 aliphatic heterocycles. The molecule has 1 aromatic heterocycles. The van der Waals surface area contributed by atoms with Gasteiger partial charge in [-0.15, -0.1) is 0 Å². The Morgan fingerprint density at radius 3 is 2.60 bits per heavy atom. The van der Waals surface area contributed by atoms with Gasteiger partial charge in [0.2, 0.25) is 0 Å². The number of aromatic amines is 1. The molecule has 0 bridgehead atoms. The molecule has 0 saturated carbocycles. The van der Waals surface area contributed by atoms with Gasteiger partial charge < -0.3 is 15.2 Å². The van der Waals surface area contributed by atoms with E-state index in [0.29, 0.717) is 10.7 Å². The van der Waals surface area contributed by atoms with Crippen LogP contribution in [0.2, 0.25) is 5.02 Å². The van der Waals surface area contributed by atoms with Crippen LogP contribution in [0.25, 0.3) is 5.69 Å². The SMILES string of the molecule is COc1cccc(F)c1C(CC(=O)O)NC(=O)c1cc(=O)n(-c2ccc(Cl)cc2)[nH]1. The van der Waals surface area contributed by atoms with E-state index in [-0.39, 0.29) is 17.0 Å². The molecule has 1 unspecified atom stereocenters. The minimum absolute atomic E-state index is 0.0915. The summed E-state index contributed by atoms with van der Waals surface area (Å²) in [6.45, 7) is 0. The highest BCUT2D eigenvalue weighted by molar-refractivity contribution is 6.30. The molecule has 2 aromatic carbocycles. The standard InChI is InChI=1S/C20H17ClFN3O5/c1-30-16-4-2-3-13(22)19(16)14(10-18(27)28)23-20(29)15-9-17(26)25(24-15)12-7-5-11(21)6-8-12/h2-9,14,24H,10H2,1H3,(H,23,29)(H,27,28).